The zero-order chi connectivity index (χ0) is 12.7. The molecule has 6 heteroatoms. The van der Waals surface area contributed by atoms with E-state index in [-0.39, 0.29) is 5.95 Å². The third-order valence-electron chi connectivity index (χ3n) is 2.68. The largest absolute Gasteiger partial charge is 0.368 e. The highest BCUT2D eigenvalue weighted by Gasteiger charge is 2.11. The second-order valence-corrected chi connectivity index (χ2v) is 4.04. The number of aryl methyl sites for hydroxylation is 2. The van der Waals surface area contributed by atoms with Gasteiger partial charge in [-0.3, -0.25) is 0 Å². The van der Waals surface area contributed by atoms with Crippen LogP contribution in [-0.2, 0) is 0 Å². The van der Waals surface area contributed by atoms with Crippen molar-refractivity contribution in [1.82, 2.24) is 24.7 Å². The zero-order valence-corrected chi connectivity index (χ0v) is 10.1. The van der Waals surface area contributed by atoms with Gasteiger partial charge in [-0.15, -0.1) is 5.10 Å². The Balaban J connectivity index is 2.38. The van der Waals surface area contributed by atoms with Crippen LogP contribution in [0.5, 0.6) is 0 Å². The normalized spacial score (nSPS) is 11.0. The molecule has 0 spiro atoms. The highest BCUT2D eigenvalue weighted by atomic mass is 15.4. The molecule has 0 atom stereocenters. The van der Waals surface area contributed by atoms with Crippen LogP contribution in [0.4, 0.5) is 5.95 Å². The quantitative estimate of drug-likeness (QED) is 0.695. The molecule has 0 radical (unpaired) electrons. The molecule has 0 aliphatic rings. The maximum atomic E-state index is 5.74. The Kier molecular flexibility index (Phi) is 2.22. The van der Waals surface area contributed by atoms with Gasteiger partial charge in [0.2, 0.25) is 5.95 Å². The van der Waals surface area contributed by atoms with E-state index in [1.807, 2.05) is 38.1 Å². The van der Waals surface area contributed by atoms with Gasteiger partial charge >= 0.3 is 0 Å². The minimum Gasteiger partial charge on any atom is -0.368 e. The fourth-order valence-electron chi connectivity index (χ4n) is 1.96. The Morgan fingerprint density at radius 3 is 2.56 bits per heavy atom. The summed E-state index contributed by atoms with van der Waals surface area (Å²) in [5, 5.41) is 5.23. The minimum atomic E-state index is 0.233. The number of para-hydroxylation sites is 1. The maximum Gasteiger partial charge on any atom is 0.222 e. The first-order valence-electron chi connectivity index (χ1n) is 5.58. The smallest absolute Gasteiger partial charge is 0.222 e. The average molecular weight is 240 g/mol. The standard InChI is InChI=1S/C12H12N6/c1-7-14-8(2)18(17-7)11-9-5-3-4-6-10(9)15-12(13)16-11/h3-6H,1-2H3,(H2,13,15,16). The molecule has 2 heterocycles. The lowest BCUT2D eigenvalue weighted by Crippen LogP contribution is -2.07. The van der Waals surface area contributed by atoms with Gasteiger partial charge in [-0.05, 0) is 26.0 Å². The van der Waals surface area contributed by atoms with Crippen LogP contribution in [0.2, 0.25) is 0 Å². The summed E-state index contributed by atoms with van der Waals surface area (Å²) in [6.45, 7) is 3.73. The van der Waals surface area contributed by atoms with Gasteiger partial charge < -0.3 is 5.73 Å². The second kappa shape index (κ2) is 3.76. The van der Waals surface area contributed by atoms with Crippen LogP contribution in [0.15, 0.2) is 24.3 Å². The SMILES string of the molecule is Cc1nc(C)n(-c2nc(N)nc3ccccc23)n1. The number of anilines is 1. The van der Waals surface area contributed by atoms with Crippen LogP contribution in [0.25, 0.3) is 16.7 Å². The molecule has 3 aromatic rings. The van der Waals surface area contributed by atoms with Crippen LogP contribution in [-0.4, -0.2) is 24.7 Å². The van der Waals surface area contributed by atoms with Gasteiger partial charge in [-0.1, -0.05) is 12.1 Å². The van der Waals surface area contributed by atoms with E-state index in [1.54, 1.807) is 4.68 Å². The van der Waals surface area contributed by atoms with E-state index < -0.39 is 0 Å². The van der Waals surface area contributed by atoms with E-state index in [0.29, 0.717) is 11.6 Å². The molecular formula is C12H12N6. The number of hydrogen-bond donors (Lipinski definition) is 1. The van der Waals surface area contributed by atoms with E-state index in [0.717, 1.165) is 16.7 Å². The van der Waals surface area contributed by atoms with E-state index in [4.69, 9.17) is 5.73 Å². The van der Waals surface area contributed by atoms with Crippen molar-refractivity contribution in [3.05, 3.63) is 35.9 Å². The first kappa shape index (κ1) is 10.6. The van der Waals surface area contributed by atoms with Crippen LogP contribution in [0.3, 0.4) is 0 Å². The predicted octanol–water partition coefficient (Wildman–Crippen LogP) is 1.41. The molecule has 6 nitrogen and oxygen atoms in total. The van der Waals surface area contributed by atoms with Crippen LogP contribution < -0.4 is 5.73 Å². The molecule has 2 N–H and O–H groups in total. The molecule has 18 heavy (non-hydrogen) atoms. The van der Waals surface area contributed by atoms with Crippen LogP contribution in [0, 0.1) is 13.8 Å². The third-order valence-corrected chi connectivity index (χ3v) is 2.68. The minimum absolute atomic E-state index is 0.233. The monoisotopic (exact) mass is 240 g/mol. The fourth-order valence-corrected chi connectivity index (χ4v) is 1.96. The Bertz CT molecular complexity index is 731. The molecule has 0 bridgehead atoms. The lowest BCUT2D eigenvalue weighted by Gasteiger charge is -2.06. The number of nitrogens with two attached hydrogens (primary N) is 1. The number of rotatable bonds is 1. The summed E-state index contributed by atoms with van der Waals surface area (Å²) in [4.78, 5) is 12.8. The lowest BCUT2D eigenvalue weighted by atomic mass is 10.2. The predicted molar refractivity (Wildman–Crippen MR) is 68.3 cm³/mol. The van der Waals surface area contributed by atoms with Crippen molar-refractivity contribution >= 4 is 16.9 Å². The van der Waals surface area contributed by atoms with E-state index in [9.17, 15) is 0 Å². The van der Waals surface area contributed by atoms with E-state index in [1.165, 1.54) is 0 Å². The molecule has 0 saturated heterocycles. The Hall–Kier alpha value is -2.50. The summed E-state index contributed by atoms with van der Waals surface area (Å²) < 4.78 is 1.69. The van der Waals surface area contributed by atoms with E-state index >= 15 is 0 Å². The molecule has 0 aliphatic heterocycles. The Morgan fingerprint density at radius 2 is 1.83 bits per heavy atom. The number of aromatic nitrogens is 5. The van der Waals surface area contributed by atoms with Gasteiger partial charge in [-0.25, -0.2) is 9.97 Å². The molecule has 2 aromatic heterocycles. The summed E-state index contributed by atoms with van der Waals surface area (Å²) in [6, 6.07) is 7.69. The Labute approximate surface area is 104 Å². The van der Waals surface area contributed by atoms with Crippen LogP contribution >= 0.6 is 0 Å². The molecule has 0 unspecified atom stereocenters. The van der Waals surface area contributed by atoms with Gasteiger partial charge in [0.15, 0.2) is 5.82 Å². The van der Waals surface area contributed by atoms with Crippen molar-refractivity contribution in [3.63, 3.8) is 0 Å². The summed E-state index contributed by atoms with van der Waals surface area (Å²) >= 11 is 0. The summed E-state index contributed by atoms with van der Waals surface area (Å²) in [5.41, 5.74) is 6.53. The lowest BCUT2D eigenvalue weighted by molar-refractivity contribution is 0.810. The summed E-state index contributed by atoms with van der Waals surface area (Å²) in [6.07, 6.45) is 0. The van der Waals surface area contributed by atoms with Crippen molar-refractivity contribution in [2.24, 2.45) is 0 Å². The number of nitrogens with zero attached hydrogens (tertiary/aromatic N) is 5. The molecule has 0 aliphatic carbocycles. The van der Waals surface area contributed by atoms with Crippen LogP contribution in [0.1, 0.15) is 11.6 Å². The second-order valence-electron chi connectivity index (χ2n) is 4.04. The van der Waals surface area contributed by atoms with Gasteiger partial charge in [0, 0.05) is 5.39 Å². The molecule has 0 fully saturated rings. The third kappa shape index (κ3) is 1.58. The highest BCUT2D eigenvalue weighted by Crippen LogP contribution is 2.20. The van der Waals surface area contributed by atoms with Crippen molar-refractivity contribution in [2.45, 2.75) is 13.8 Å². The molecular weight excluding hydrogens is 228 g/mol. The zero-order valence-electron chi connectivity index (χ0n) is 10.1. The summed E-state index contributed by atoms with van der Waals surface area (Å²) in [7, 11) is 0. The number of benzene rings is 1. The van der Waals surface area contributed by atoms with Gasteiger partial charge in [0.05, 0.1) is 5.52 Å². The number of hydrogen-bond acceptors (Lipinski definition) is 5. The van der Waals surface area contributed by atoms with Crippen molar-refractivity contribution < 1.29 is 0 Å². The van der Waals surface area contributed by atoms with Gasteiger partial charge in [0.1, 0.15) is 11.6 Å². The van der Waals surface area contributed by atoms with Gasteiger partial charge in [-0.2, -0.15) is 9.67 Å². The average Bonchev–Trinajstić information content (AvgIpc) is 2.67. The molecule has 1 aromatic carbocycles. The maximum absolute atomic E-state index is 5.74. The fraction of sp³-hybridized carbons (Fsp3) is 0.167. The first-order chi connectivity index (χ1) is 8.65. The van der Waals surface area contributed by atoms with Crippen molar-refractivity contribution in [1.29, 1.82) is 0 Å². The highest BCUT2D eigenvalue weighted by molar-refractivity contribution is 5.86. The van der Waals surface area contributed by atoms with Crippen molar-refractivity contribution in [2.75, 3.05) is 5.73 Å². The topological polar surface area (TPSA) is 82.5 Å². The van der Waals surface area contributed by atoms with E-state index in [2.05, 4.69) is 20.1 Å². The number of fused-ring (bicyclic) bond motifs is 1. The van der Waals surface area contributed by atoms with Gasteiger partial charge in [0.25, 0.3) is 0 Å². The molecule has 90 valence electrons. The molecule has 0 saturated carbocycles. The molecule has 0 amide bonds. The Morgan fingerprint density at radius 1 is 1.06 bits per heavy atom. The first-order valence-corrected chi connectivity index (χ1v) is 5.58. The summed E-state index contributed by atoms with van der Waals surface area (Å²) in [5.74, 6) is 2.37. The number of nitrogen functional groups attached to an aromatic ring is 1. The van der Waals surface area contributed by atoms with Crippen molar-refractivity contribution in [3.8, 4) is 5.82 Å². The molecule has 3 rings (SSSR count).